The summed E-state index contributed by atoms with van der Waals surface area (Å²) in [5.74, 6) is -1.47. The average molecular weight is 542 g/mol. The quantitative estimate of drug-likeness (QED) is 0.354. The fourth-order valence-electron chi connectivity index (χ4n) is 5.47. The van der Waals surface area contributed by atoms with Crippen molar-refractivity contribution in [3.8, 4) is 11.5 Å². The van der Waals surface area contributed by atoms with Crippen LogP contribution in [-0.2, 0) is 36.0 Å². The van der Waals surface area contributed by atoms with Crippen molar-refractivity contribution < 1.29 is 33.5 Å². The molecule has 0 N–H and O–H groups in total. The van der Waals surface area contributed by atoms with Crippen LogP contribution < -0.4 is 14.5 Å². The van der Waals surface area contributed by atoms with E-state index in [1.165, 1.54) is 0 Å². The number of ether oxygens (including phenoxy) is 2. The first kappa shape index (κ1) is 25.4. The average Bonchev–Trinajstić information content (AvgIpc) is 3.40. The van der Waals surface area contributed by atoms with Crippen molar-refractivity contribution >= 4 is 35.1 Å². The minimum absolute atomic E-state index is 0.00629. The third-order valence-corrected chi connectivity index (χ3v) is 7.46. The maximum absolute atomic E-state index is 13.6. The Hall–Kier alpha value is -4.86. The first-order valence-electron chi connectivity index (χ1n) is 12.8. The summed E-state index contributed by atoms with van der Waals surface area (Å²) in [6, 6.07) is 16.6. The van der Waals surface area contributed by atoms with Gasteiger partial charge in [0.05, 0.1) is 12.0 Å². The van der Waals surface area contributed by atoms with Gasteiger partial charge in [0, 0.05) is 81.2 Å². The molecule has 0 aliphatic carbocycles. The van der Waals surface area contributed by atoms with Gasteiger partial charge in [-0.3, -0.25) is 9.59 Å². The number of rotatable bonds is 5. The van der Waals surface area contributed by atoms with E-state index in [1.54, 1.807) is 18.2 Å². The maximum atomic E-state index is 13.6. The molecule has 3 heterocycles. The number of hydrogen-bond donors (Lipinski definition) is 0. The number of imide groups is 1. The smallest absolute Gasteiger partial charge is 0.340 e. The zero-order valence-electron chi connectivity index (χ0n) is 22.5. The van der Waals surface area contributed by atoms with E-state index < -0.39 is 29.4 Å². The number of nitrogens with zero attached hydrogens (tertiary/aromatic N) is 3. The molecule has 1 spiro atoms. The summed E-state index contributed by atoms with van der Waals surface area (Å²) in [5.41, 5.74) is 3.00. The molecule has 0 bridgehead atoms. The zero-order valence-corrected chi connectivity index (χ0v) is 22.5. The second-order valence-corrected chi connectivity index (χ2v) is 10.4. The molecule has 0 radical (unpaired) electrons. The first-order valence-corrected chi connectivity index (χ1v) is 12.8. The number of carbonyl (C=O) groups excluding carboxylic acids is 4. The molecule has 3 aliphatic heterocycles. The molecular formula is C30H27N3O7. The summed E-state index contributed by atoms with van der Waals surface area (Å²) in [7, 11) is 7.71. The number of esters is 1. The highest BCUT2D eigenvalue weighted by atomic mass is 16.7. The third kappa shape index (κ3) is 3.78. The van der Waals surface area contributed by atoms with Crippen molar-refractivity contribution in [2.45, 2.75) is 24.9 Å². The fourth-order valence-corrected chi connectivity index (χ4v) is 5.47. The number of hydroxylamine groups is 2. The van der Waals surface area contributed by atoms with Crippen LogP contribution in [0.4, 0.5) is 11.4 Å². The summed E-state index contributed by atoms with van der Waals surface area (Å²) in [4.78, 5) is 59.2. The number of benzene rings is 3. The molecule has 6 rings (SSSR count). The van der Waals surface area contributed by atoms with E-state index in [1.807, 2.05) is 74.4 Å². The normalized spacial score (nSPS) is 16.2. The molecule has 0 atom stereocenters. The van der Waals surface area contributed by atoms with Gasteiger partial charge >= 0.3 is 11.9 Å². The monoisotopic (exact) mass is 541 g/mol. The Kier molecular flexibility index (Phi) is 5.79. The highest BCUT2D eigenvalue weighted by Gasteiger charge is 2.54. The van der Waals surface area contributed by atoms with Crippen molar-refractivity contribution in [3.63, 3.8) is 0 Å². The molecular weight excluding hydrogens is 514 g/mol. The Bertz CT molecular complexity index is 1540. The van der Waals surface area contributed by atoms with Gasteiger partial charge in [0.25, 0.3) is 11.8 Å². The molecule has 1 saturated heterocycles. The SMILES string of the molecule is CN(C)c1ccc2c(c1)Oc1cc(N(C)C)ccc1C21OC(=O)c2c(CC(=O)ON3C(=O)CCC3=O)cccc21. The van der Waals surface area contributed by atoms with E-state index >= 15 is 0 Å². The highest BCUT2D eigenvalue weighted by Crippen LogP contribution is 2.57. The van der Waals surface area contributed by atoms with Crippen LogP contribution in [0.3, 0.4) is 0 Å². The van der Waals surface area contributed by atoms with Gasteiger partial charge in [-0.15, -0.1) is 5.06 Å². The molecule has 2 amide bonds. The summed E-state index contributed by atoms with van der Waals surface area (Å²) >= 11 is 0. The first-order chi connectivity index (χ1) is 19.1. The van der Waals surface area contributed by atoms with E-state index in [4.69, 9.17) is 14.3 Å². The molecule has 3 aromatic rings. The van der Waals surface area contributed by atoms with E-state index in [9.17, 15) is 19.2 Å². The van der Waals surface area contributed by atoms with Gasteiger partial charge in [0.15, 0.2) is 5.60 Å². The van der Waals surface area contributed by atoms with Gasteiger partial charge in [0.2, 0.25) is 0 Å². The van der Waals surface area contributed by atoms with Gasteiger partial charge in [-0.25, -0.2) is 9.59 Å². The number of hydrogen-bond acceptors (Lipinski definition) is 9. The Balaban J connectivity index is 1.48. The second-order valence-electron chi connectivity index (χ2n) is 10.4. The lowest BCUT2D eigenvalue weighted by Crippen LogP contribution is -2.33. The Labute approximate surface area is 230 Å². The number of amides is 2. The topological polar surface area (TPSA) is 106 Å². The Morgan fingerprint density at radius 2 is 1.43 bits per heavy atom. The van der Waals surface area contributed by atoms with E-state index in [0.29, 0.717) is 38.8 Å². The van der Waals surface area contributed by atoms with Crippen LogP contribution >= 0.6 is 0 Å². The summed E-state index contributed by atoms with van der Waals surface area (Å²) in [6.45, 7) is 0. The largest absolute Gasteiger partial charge is 0.456 e. The molecule has 1 fully saturated rings. The van der Waals surface area contributed by atoms with Crippen LogP contribution in [0, 0.1) is 0 Å². The predicted molar refractivity (Wildman–Crippen MR) is 144 cm³/mol. The van der Waals surface area contributed by atoms with Crippen LogP contribution in [0.15, 0.2) is 54.6 Å². The molecule has 40 heavy (non-hydrogen) atoms. The lowest BCUT2D eigenvalue weighted by atomic mass is 9.76. The van der Waals surface area contributed by atoms with Gasteiger partial charge in [-0.05, 0) is 29.8 Å². The van der Waals surface area contributed by atoms with E-state index in [-0.39, 0.29) is 24.8 Å². The molecule has 3 aromatic carbocycles. The molecule has 10 heteroatoms. The summed E-state index contributed by atoms with van der Waals surface area (Å²) < 4.78 is 12.7. The Morgan fingerprint density at radius 1 is 0.850 bits per heavy atom. The van der Waals surface area contributed by atoms with Crippen molar-refractivity contribution in [3.05, 3.63) is 82.4 Å². The molecule has 0 aromatic heterocycles. The predicted octanol–water partition coefficient (Wildman–Crippen LogP) is 3.54. The third-order valence-electron chi connectivity index (χ3n) is 7.46. The number of carbonyl (C=O) groups is 4. The fraction of sp³-hybridized carbons (Fsp3) is 0.267. The van der Waals surface area contributed by atoms with Crippen molar-refractivity contribution in [1.29, 1.82) is 0 Å². The van der Waals surface area contributed by atoms with Crippen LogP contribution in [0.25, 0.3) is 0 Å². The number of anilines is 2. The zero-order chi connectivity index (χ0) is 28.3. The molecule has 0 unspecified atom stereocenters. The second kappa shape index (κ2) is 9.11. The minimum atomic E-state index is -1.31. The van der Waals surface area contributed by atoms with Crippen LogP contribution in [0.1, 0.15) is 45.5 Å². The van der Waals surface area contributed by atoms with Crippen LogP contribution in [-0.4, -0.2) is 57.0 Å². The van der Waals surface area contributed by atoms with Crippen LogP contribution in [0.2, 0.25) is 0 Å². The van der Waals surface area contributed by atoms with E-state index in [0.717, 1.165) is 11.4 Å². The molecule has 3 aliphatic rings. The summed E-state index contributed by atoms with van der Waals surface area (Å²) in [5, 5.41) is 0.501. The van der Waals surface area contributed by atoms with Gasteiger partial charge in [0.1, 0.15) is 11.5 Å². The highest BCUT2D eigenvalue weighted by molar-refractivity contribution is 6.02. The minimum Gasteiger partial charge on any atom is -0.456 e. The standard InChI is InChI=1S/C30H27N3O7/c1-31(2)18-8-10-20-23(15-18)38-24-16-19(32(3)4)9-11-21(24)30(20)22-7-5-6-17(28(22)29(37)39-30)14-27(36)40-33-25(34)12-13-26(33)35/h5-11,15-16H,12-14H2,1-4H3. The number of fused-ring (bicyclic) bond motifs is 6. The molecule has 10 nitrogen and oxygen atoms in total. The molecule has 204 valence electrons. The Morgan fingerprint density at radius 3 is 1.98 bits per heavy atom. The molecule has 0 saturated carbocycles. The van der Waals surface area contributed by atoms with Crippen molar-refractivity contribution in [2.75, 3.05) is 38.0 Å². The lowest BCUT2D eigenvalue weighted by molar-refractivity contribution is -0.197. The van der Waals surface area contributed by atoms with E-state index in [2.05, 4.69) is 0 Å². The maximum Gasteiger partial charge on any atom is 0.340 e. The van der Waals surface area contributed by atoms with Gasteiger partial charge in [-0.1, -0.05) is 18.2 Å². The van der Waals surface area contributed by atoms with Crippen molar-refractivity contribution in [2.24, 2.45) is 0 Å². The van der Waals surface area contributed by atoms with Crippen molar-refractivity contribution in [1.82, 2.24) is 5.06 Å². The van der Waals surface area contributed by atoms with Gasteiger partial charge in [-0.2, -0.15) is 0 Å². The lowest BCUT2D eigenvalue weighted by Gasteiger charge is -2.37. The summed E-state index contributed by atoms with van der Waals surface area (Å²) in [6.07, 6.45) is -0.345. The van der Waals surface area contributed by atoms with Gasteiger partial charge < -0.3 is 24.1 Å². The van der Waals surface area contributed by atoms with Crippen LogP contribution in [0.5, 0.6) is 11.5 Å².